The molecule has 31 heavy (non-hydrogen) atoms. The molecule has 0 spiro atoms. The number of anilines is 2. The summed E-state index contributed by atoms with van der Waals surface area (Å²) >= 11 is 0. The fraction of sp³-hybridized carbons (Fsp3) is 0.286. The number of piperidine rings is 1. The zero-order valence-corrected chi connectivity index (χ0v) is 16.4. The van der Waals surface area contributed by atoms with Crippen LogP contribution in [0.5, 0.6) is 0 Å². The summed E-state index contributed by atoms with van der Waals surface area (Å²) in [6, 6.07) is 8.39. The molecule has 0 aliphatic carbocycles. The van der Waals surface area contributed by atoms with E-state index >= 15 is 0 Å². The largest absolute Gasteiger partial charge is 0.416 e. The van der Waals surface area contributed by atoms with E-state index in [0.717, 1.165) is 37.6 Å². The standard InChI is InChI=1S/C21H19F3N6O/c22-21(23,24)14-7-10-26-18(13-14)29-20-27-11-8-15(28-20)17-6-2-4-12-30(17)19(31)16-5-1-3-9-25-16/h1,3,5,7-11,13,17H,2,4,6,12H2,(H,26,27,28,29)/t17-/m1/s1. The Labute approximate surface area is 176 Å². The molecular formula is C21H19F3N6O. The number of halogens is 3. The average Bonchev–Trinajstić information content (AvgIpc) is 2.79. The number of alkyl halides is 3. The molecule has 1 saturated heterocycles. The molecule has 4 heterocycles. The molecule has 0 bridgehead atoms. The molecule has 4 rings (SSSR count). The summed E-state index contributed by atoms with van der Waals surface area (Å²) in [7, 11) is 0. The molecular weight excluding hydrogens is 409 g/mol. The lowest BCUT2D eigenvalue weighted by atomic mass is 9.98. The van der Waals surface area contributed by atoms with Gasteiger partial charge in [0.2, 0.25) is 5.95 Å². The molecule has 0 unspecified atom stereocenters. The maximum absolute atomic E-state index is 13.0. The molecule has 0 aromatic carbocycles. The lowest BCUT2D eigenvalue weighted by Crippen LogP contribution is -2.39. The summed E-state index contributed by atoms with van der Waals surface area (Å²) in [5.41, 5.74) is 0.143. The second kappa shape index (κ2) is 8.66. The second-order valence-electron chi connectivity index (χ2n) is 7.08. The van der Waals surface area contributed by atoms with E-state index in [1.165, 1.54) is 6.20 Å². The van der Waals surface area contributed by atoms with Gasteiger partial charge in [0, 0.05) is 25.1 Å². The van der Waals surface area contributed by atoms with Crippen molar-refractivity contribution in [1.82, 2.24) is 24.8 Å². The van der Waals surface area contributed by atoms with Crippen LogP contribution in [0.3, 0.4) is 0 Å². The van der Waals surface area contributed by atoms with Crippen LogP contribution >= 0.6 is 0 Å². The number of carbonyl (C=O) groups excluding carboxylic acids is 1. The monoisotopic (exact) mass is 428 g/mol. The highest BCUT2D eigenvalue weighted by Crippen LogP contribution is 2.32. The summed E-state index contributed by atoms with van der Waals surface area (Å²) < 4.78 is 38.8. The summed E-state index contributed by atoms with van der Waals surface area (Å²) in [5.74, 6) is -0.0878. The van der Waals surface area contributed by atoms with E-state index in [-0.39, 0.29) is 23.7 Å². The van der Waals surface area contributed by atoms with Gasteiger partial charge in [-0.05, 0) is 49.6 Å². The Balaban J connectivity index is 1.57. The van der Waals surface area contributed by atoms with Crippen LogP contribution in [0.4, 0.5) is 24.9 Å². The van der Waals surface area contributed by atoms with Gasteiger partial charge in [0.25, 0.3) is 5.91 Å². The first-order valence-corrected chi connectivity index (χ1v) is 9.77. The summed E-state index contributed by atoms with van der Waals surface area (Å²) in [6.07, 6.45) is 2.20. The van der Waals surface area contributed by atoms with E-state index in [1.54, 1.807) is 35.4 Å². The number of nitrogens with zero attached hydrogens (tertiary/aromatic N) is 5. The number of likely N-dealkylation sites (tertiary alicyclic amines) is 1. The van der Waals surface area contributed by atoms with Gasteiger partial charge in [-0.1, -0.05) is 6.07 Å². The maximum Gasteiger partial charge on any atom is 0.416 e. The fourth-order valence-electron chi connectivity index (χ4n) is 3.53. The van der Waals surface area contributed by atoms with Crippen molar-refractivity contribution in [3.8, 4) is 0 Å². The van der Waals surface area contributed by atoms with Crippen LogP contribution in [0.15, 0.2) is 55.0 Å². The van der Waals surface area contributed by atoms with Gasteiger partial charge in [0.1, 0.15) is 11.5 Å². The van der Waals surface area contributed by atoms with Crippen molar-refractivity contribution >= 4 is 17.7 Å². The quantitative estimate of drug-likeness (QED) is 0.663. The van der Waals surface area contributed by atoms with Gasteiger partial charge in [0.05, 0.1) is 17.3 Å². The van der Waals surface area contributed by atoms with Crippen LogP contribution in [-0.2, 0) is 6.18 Å². The summed E-state index contributed by atoms with van der Waals surface area (Å²) in [4.78, 5) is 31.3. The van der Waals surface area contributed by atoms with Gasteiger partial charge in [-0.3, -0.25) is 9.78 Å². The van der Waals surface area contributed by atoms with E-state index in [2.05, 4.69) is 25.3 Å². The number of hydrogen-bond donors (Lipinski definition) is 1. The number of pyridine rings is 2. The van der Waals surface area contributed by atoms with Gasteiger partial charge < -0.3 is 10.2 Å². The van der Waals surface area contributed by atoms with Crippen molar-refractivity contribution in [3.63, 3.8) is 0 Å². The first-order chi connectivity index (χ1) is 14.9. The molecule has 3 aromatic rings. The first kappa shape index (κ1) is 20.7. The van der Waals surface area contributed by atoms with Gasteiger partial charge in [-0.15, -0.1) is 0 Å². The Morgan fingerprint density at radius 3 is 2.65 bits per heavy atom. The van der Waals surface area contributed by atoms with Crippen LogP contribution in [0.2, 0.25) is 0 Å². The zero-order chi connectivity index (χ0) is 21.8. The highest BCUT2D eigenvalue weighted by molar-refractivity contribution is 5.92. The number of nitrogens with one attached hydrogen (secondary N) is 1. The van der Waals surface area contributed by atoms with Crippen LogP contribution in [0, 0.1) is 0 Å². The molecule has 7 nitrogen and oxygen atoms in total. The lowest BCUT2D eigenvalue weighted by Gasteiger charge is -2.35. The van der Waals surface area contributed by atoms with Crippen LogP contribution in [0.25, 0.3) is 0 Å². The predicted molar refractivity (Wildman–Crippen MR) is 106 cm³/mol. The van der Waals surface area contributed by atoms with Crippen LogP contribution in [-0.4, -0.2) is 37.3 Å². The molecule has 1 fully saturated rings. The van der Waals surface area contributed by atoms with Crippen molar-refractivity contribution in [3.05, 3.63) is 71.9 Å². The van der Waals surface area contributed by atoms with E-state index in [0.29, 0.717) is 17.9 Å². The molecule has 1 amide bonds. The number of aromatic nitrogens is 4. The SMILES string of the molecule is O=C(c1ccccn1)N1CCCC[C@@H]1c1ccnc(Nc2cc(C(F)(F)F)ccn2)n1. The van der Waals surface area contributed by atoms with Crippen molar-refractivity contribution in [2.75, 3.05) is 11.9 Å². The molecule has 0 radical (unpaired) electrons. The summed E-state index contributed by atoms with van der Waals surface area (Å²) in [5, 5.41) is 2.72. The third-order valence-electron chi connectivity index (χ3n) is 4.99. The van der Waals surface area contributed by atoms with E-state index in [9.17, 15) is 18.0 Å². The highest BCUT2D eigenvalue weighted by atomic mass is 19.4. The van der Waals surface area contributed by atoms with Gasteiger partial charge in [0.15, 0.2) is 0 Å². The fourth-order valence-corrected chi connectivity index (χ4v) is 3.53. The van der Waals surface area contributed by atoms with Crippen LogP contribution in [0.1, 0.15) is 47.1 Å². The molecule has 160 valence electrons. The molecule has 1 atom stereocenters. The van der Waals surface area contributed by atoms with E-state index in [4.69, 9.17) is 0 Å². The van der Waals surface area contributed by atoms with Crippen molar-refractivity contribution in [1.29, 1.82) is 0 Å². The maximum atomic E-state index is 13.0. The normalized spacial score (nSPS) is 16.7. The Hall–Kier alpha value is -3.56. The van der Waals surface area contributed by atoms with Crippen molar-refractivity contribution < 1.29 is 18.0 Å². The van der Waals surface area contributed by atoms with E-state index in [1.807, 2.05) is 0 Å². The topological polar surface area (TPSA) is 83.9 Å². The van der Waals surface area contributed by atoms with Crippen molar-refractivity contribution in [2.45, 2.75) is 31.5 Å². The second-order valence-corrected chi connectivity index (χ2v) is 7.08. The highest BCUT2D eigenvalue weighted by Gasteiger charge is 2.32. The van der Waals surface area contributed by atoms with E-state index < -0.39 is 11.7 Å². The number of amides is 1. The minimum absolute atomic E-state index is 0.0166. The Kier molecular flexibility index (Phi) is 5.79. The number of carbonyl (C=O) groups is 1. The molecule has 1 N–H and O–H groups in total. The lowest BCUT2D eigenvalue weighted by molar-refractivity contribution is -0.137. The van der Waals surface area contributed by atoms with Gasteiger partial charge in [-0.2, -0.15) is 13.2 Å². The molecule has 0 saturated carbocycles. The van der Waals surface area contributed by atoms with Gasteiger partial charge >= 0.3 is 6.18 Å². The Morgan fingerprint density at radius 2 is 1.87 bits per heavy atom. The number of rotatable bonds is 4. The average molecular weight is 428 g/mol. The Bertz CT molecular complexity index is 1060. The third-order valence-corrected chi connectivity index (χ3v) is 4.99. The molecule has 1 aliphatic rings. The Morgan fingerprint density at radius 1 is 1.03 bits per heavy atom. The van der Waals surface area contributed by atoms with Crippen molar-refractivity contribution in [2.24, 2.45) is 0 Å². The predicted octanol–water partition coefficient (Wildman–Crippen LogP) is 4.40. The minimum Gasteiger partial charge on any atom is -0.329 e. The molecule has 10 heteroatoms. The third kappa shape index (κ3) is 4.79. The van der Waals surface area contributed by atoms with Crippen LogP contribution < -0.4 is 5.32 Å². The molecule has 3 aromatic heterocycles. The first-order valence-electron chi connectivity index (χ1n) is 9.77. The zero-order valence-electron chi connectivity index (χ0n) is 16.4. The smallest absolute Gasteiger partial charge is 0.329 e. The minimum atomic E-state index is -4.48. The van der Waals surface area contributed by atoms with Gasteiger partial charge in [-0.25, -0.2) is 15.0 Å². The summed E-state index contributed by atoms with van der Waals surface area (Å²) in [6.45, 7) is 0.571. The number of hydrogen-bond acceptors (Lipinski definition) is 6. The molecule has 1 aliphatic heterocycles.